The number of nitrogens with zero attached hydrogens (tertiary/aromatic N) is 2. The number of anilines is 1. The highest BCUT2D eigenvalue weighted by Gasteiger charge is 2.37. The Kier molecular flexibility index (Phi) is 10.1. The Balaban J connectivity index is 1.59. The van der Waals surface area contributed by atoms with E-state index in [4.69, 9.17) is 14.2 Å². The number of halogens is 1. The van der Waals surface area contributed by atoms with Gasteiger partial charge in [-0.3, -0.25) is 25.0 Å². The lowest BCUT2D eigenvalue weighted by Crippen LogP contribution is -2.54. The van der Waals surface area contributed by atoms with E-state index >= 15 is 0 Å². The van der Waals surface area contributed by atoms with Crippen molar-refractivity contribution in [1.82, 2.24) is 5.32 Å². The van der Waals surface area contributed by atoms with Crippen LogP contribution in [-0.4, -0.2) is 36.0 Å². The number of carbonyl (C=O) groups is 3. The first kappa shape index (κ1) is 30.5. The van der Waals surface area contributed by atoms with E-state index in [1.54, 1.807) is 55.5 Å². The largest absolute Gasteiger partial charge is 0.494 e. The normalized spacial score (nSPS) is 14.1. The SMILES string of the molecule is CCCCOc1ccc(N2C(=O)NC(=O)/C(=C/c3cc(I)c(OCc4cccc([N+](=O)[O-])c4)c(OCC)c3)C2=O)cc1. The molecule has 4 rings (SSSR count). The zero-order chi connectivity index (χ0) is 30.2. The number of unbranched alkanes of at least 4 members (excludes halogenated alkanes) is 1. The summed E-state index contributed by atoms with van der Waals surface area (Å²) in [6, 6.07) is 15.1. The minimum atomic E-state index is -0.851. The highest BCUT2D eigenvalue weighted by atomic mass is 127. The summed E-state index contributed by atoms with van der Waals surface area (Å²) in [7, 11) is 0. The molecule has 218 valence electrons. The maximum atomic E-state index is 13.4. The molecule has 1 saturated heterocycles. The van der Waals surface area contributed by atoms with Crippen LogP contribution in [0.15, 0.2) is 66.2 Å². The Bertz CT molecular complexity index is 1540. The summed E-state index contributed by atoms with van der Waals surface area (Å²) in [6.07, 6.45) is 3.28. The van der Waals surface area contributed by atoms with Crippen molar-refractivity contribution in [3.05, 3.63) is 91.0 Å². The summed E-state index contributed by atoms with van der Waals surface area (Å²) >= 11 is 2.04. The fourth-order valence-corrected chi connectivity index (χ4v) is 4.86. The molecule has 1 N–H and O–H groups in total. The number of rotatable bonds is 12. The number of barbiturate groups is 1. The van der Waals surface area contributed by atoms with E-state index in [1.807, 2.05) is 22.6 Å². The van der Waals surface area contributed by atoms with Crippen molar-refractivity contribution < 1.29 is 33.5 Å². The number of imide groups is 2. The number of nitro groups is 1. The van der Waals surface area contributed by atoms with Crippen LogP contribution in [-0.2, 0) is 16.2 Å². The van der Waals surface area contributed by atoms with Gasteiger partial charge in [0.2, 0.25) is 0 Å². The van der Waals surface area contributed by atoms with E-state index < -0.39 is 22.8 Å². The molecule has 4 amide bonds. The number of nitrogens with one attached hydrogen (secondary N) is 1. The highest BCUT2D eigenvalue weighted by Crippen LogP contribution is 2.36. The number of hydrogen-bond donors (Lipinski definition) is 1. The second-order valence-corrected chi connectivity index (χ2v) is 10.3. The summed E-state index contributed by atoms with van der Waals surface area (Å²) < 4.78 is 18.0. The van der Waals surface area contributed by atoms with Gasteiger partial charge in [-0.15, -0.1) is 0 Å². The quantitative estimate of drug-likeness (QED) is 0.0611. The lowest BCUT2D eigenvalue weighted by atomic mass is 10.1. The highest BCUT2D eigenvalue weighted by molar-refractivity contribution is 14.1. The van der Waals surface area contributed by atoms with Crippen LogP contribution in [0.2, 0.25) is 0 Å². The second kappa shape index (κ2) is 13.9. The molecule has 3 aromatic rings. The van der Waals surface area contributed by atoms with Crippen LogP contribution in [0.25, 0.3) is 6.08 Å². The lowest BCUT2D eigenvalue weighted by molar-refractivity contribution is -0.384. The average Bonchev–Trinajstić information content (AvgIpc) is 2.96. The van der Waals surface area contributed by atoms with Crippen molar-refractivity contribution in [2.45, 2.75) is 33.3 Å². The lowest BCUT2D eigenvalue weighted by Gasteiger charge is -2.26. The van der Waals surface area contributed by atoms with Gasteiger partial charge in [-0.2, -0.15) is 0 Å². The van der Waals surface area contributed by atoms with E-state index in [0.717, 1.165) is 17.7 Å². The van der Waals surface area contributed by atoms with Crippen molar-refractivity contribution in [1.29, 1.82) is 0 Å². The summed E-state index contributed by atoms with van der Waals surface area (Å²) in [4.78, 5) is 50.3. The molecule has 0 saturated carbocycles. The molecule has 0 radical (unpaired) electrons. The van der Waals surface area contributed by atoms with Gasteiger partial charge in [-0.1, -0.05) is 25.5 Å². The molecule has 3 aromatic carbocycles. The van der Waals surface area contributed by atoms with Crippen LogP contribution in [0.1, 0.15) is 37.8 Å². The van der Waals surface area contributed by atoms with Crippen LogP contribution >= 0.6 is 22.6 Å². The Labute approximate surface area is 255 Å². The maximum Gasteiger partial charge on any atom is 0.335 e. The monoisotopic (exact) mass is 685 g/mol. The second-order valence-electron chi connectivity index (χ2n) is 9.13. The topological polar surface area (TPSA) is 137 Å². The van der Waals surface area contributed by atoms with Crippen molar-refractivity contribution in [3.8, 4) is 17.2 Å². The Morgan fingerprint density at radius 1 is 1.00 bits per heavy atom. The minimum Gasteiger partial charge on any atom is -0.494 e. The Morgan fingerprint density at radius 2 is 1.76 bits per heavy atom. The average molecular weight is 685 g/mol. The third kappa shape index (κ3) is 7.24. The molecule has 0 aromatic heterocycles. The van der Waals surface area contributed by atoms with Gasteiger partial charge in [-0.25, -0.2) is 9.69 Å². The van der Waals surface area contributed by atoms with Gasteiger partial charge in [-0.05, 0) is 89.5 Å². The Morgan fingerprint density at radius 3 is 2.45 bits per heavy atom. The summed E-state index contributed by atoms with van der Waals surface area (Å²) in [5, 5.41) is 13.3. The van der Waals surface area contributed by atoms with E-state index in [9.17, 15) is 24.5 Å². The molecule has 0 unspecified atom stereocenters. The number of ether oxygens (including phenoxy) is 3. The van der Waals surface area contributed by atoms with Gasteiger partial charge in [0.1, 0.15) is 17.9 Å². The van der Waals surface area contributed by atoms with E-state index in [2.05, 4.69) is 12.2 Å². The molecule has 1 heterocycles. The standard InChI is InChI=1S/C30H28IN3O8/c1-3-5-13-41-23-11-9-21(10-12-23)33-29(36)24(28(35)32-30(33)37)15-20-16-25(31)27(26(17-20)40-4-2)42-18-19-7-6-8-22(14-19)34(38)39/h6-12,14-17H,3-5,13,18H2,1-2H3,(H,32,35,37)/b24-15-. The van der Waals surface area contributed by atoms with Crippen molar-refractivity contribution >= 4 is 57.9 Å². The van der Waals surface area contributed by atoms with Crippen molar-refractivity contribution in [2.75, 3.05) is 18.1 Å². The number of amides is 4. The summed E-state index contributed by atoms with van der Waals surface area (Å²) in [6.45, 7) is 4.77. The van der Waals surface area contributed by atoms with Gasteiger partial charge in [0, 0.05) is 12.1 Å². The van der Waals surface area contributed by atoms with Crippen LogP contribution in [0.4, 0.5) is 16.2 Å². The molecular formula is C30H28IN3O8. The molecule has 0 aliphatic carbocycles. The van der Waals surface area contributed by atoms with E-state index in [1.165, 1.54) is 18.2 Å². The molecule has 1 aliphatic heterocycles. The van der Waals surface area contributed by atoms with E-state index in [0.29, 0.717) is 45.2 Å². The van der Waals surface area contributed by atoms with Crippen LogP contribution < -0.4 is 24.4 Å². The fraction of sp³-hybridized carbons (Fsp3) is 0.233. The van der Waals surface area contributed by atoms with Crippen LogP contribution in [0, 0.1) is 13.7 Å². The third-order valence-corrected chi connectivity index (χ3v) is 6.91. The molecular weight excluding hydrogens is 657 g/mol. The molecule has 12 heteroatoms. The number of nitro benzene ring substituents is 1. The first-order valence-corrected chi connectivity index (χ1v) is 14.3. The number of hydrogen-bond acceptors (Lipinski definition) is 8. The molecule has 0 spiro atoms. The van der Waals surface area contributed by atoms with Crippen LogP contribution in [0.3, 0.4) is 0 Å². The summed E-state index contributed by atoms with van der Waals surface area (Å²) in [5.74, 6) is -0.225. The molecule has 42 heavy (non-hydrogen) atoms. The van der Waals surface area contributed by atoms with Crippen molar-refractivity contribution in [2.24, 2.45) is 0 Å². The molecule has 1 aliphatic rings. The number of benzene rings is 3. The minimum absolute atomic E-state index is 0.0444. The van der Waals surface area contributed by atoms with Gasteiger partial charge < -0.3 is 14.2 Å². The van der Waals surface area contributed by atoms with Gasteiger partial charge >= 0.3 is 6.03 Å². The number of urea groups is 1. The van der Waals surface area contributed by atoms with E-state index in [-0.39, 0.29) is 23.6 Å². The van der Waals surface area contributed by atoms with Gasteiger partial charge in [0.05, 0.1) is 27.4 Å². The number of carbonyl (C=O) groups excluding carboxylic acids is 3. The molecule has 0 atom stereocenters. The molecule has 1 fully saturated rings. The number of non-ortho nitro benzene ring substituents is 1. The predicted octanol–water partition coefficient (Wildman–Crippen LogP) is 6.02. The zero-order valence-corrected chi connectivity index (χ0v) is 25.1. The maximum absolute atomic E-state index is 13.4. The van der Waals surface area contributed by atoms with Crippen LogP contribution in [0.5, 0.6) is 17.2 Å². The first-order valence-electron chi connectivity index (χ1n) is 13.2. The fourth-order valence-electron chi connectivity index (χ4n) is 4.07. The summed E-state index contributed by atoms with van der Waals surface area (Å²) in [5.41, 5.74) is 1.08. The molecule has 0 bridgehead atoms. The third-order valence-electron chi connectivity index (χ3n) is 6.11. The van der Waals surface area contributed by atoms with Crippen molar-refractivity contribution in [3.63, 3.8) is 0 Å². The zero-order valence-electron chi connectivity index (χ0n) is 22.9. The first-order chi connectivity index (χ1) is 20.2. The smallest absolute Gasteiger partial charge is 0.335 e. The Hall–Kier alpha value is -4.46. The molecule has 11 nitrogen and oxygen atoms in total. The van der Waals surface area contributed by atoms with Gasteiger partial charge in [0.25, 0.3) is 17.5 Å². The predicted molar refractivity (Wildman–Crippen MR) is 164 cm³/mol. The van der Waals surface area contributed by atoms with Gasteiger partial charge in [0.15, 0.2) is 11.5 Å².